The van der Waals surface area contributed by atoms with Crippen LogP contribution in [0.4, 0.5) is 0 Å². The molecule has 1 aliphatic carbocycles. The number of para-hydroxylation sites is 1. The first kappa shape index (κ1) is 24.1. The standard InChI is InChI=1S/C20H32N2O3S.ClH/c1-6-25-17-11-20(21,19(17,3)4)18(23)22-12-14(2)13-26-16-10-8-7-9-15(16)24-5;/h7-10,14,17H,6,11-13,21H2,1-5H3,(H,22,23);1H. The number of hydrogen-bond donors (Lipinski definition) is 2. The Bertz CT molecular complexity index is 629. The zero-order valence-corrected chi connectivity index (χ0v) is 18.5. The molecule has 1 aliphatic rings. The van der Waals surface area contributed by atoms with Gasteiger partial charge in [-0.25, -0.2) is 0 Å². The molecule has 0 bridgehead atoms. The van der Waals surface area contributed by atoms with Gasteiger partial charge in [0, 0.05) is 35.6 Å². The molecular formula is C20H33ClN2O3S. The number of carbonyl (C=O) groups is 1. The van der Waals surface area contributed by atoms with Crippen LogP contribution in [0.25, 0.3) is 0 Å². The van der Waals surface area contributed by atoms with Crippen molar-refractivity contribution >= 4 is 30.1 Å². The summed E-state index contributed by atoms with van der Waals surface area (Å²) in [5, 5.41) is 3.04. The predicted octanol–water partition coefficient (Wildman–Crippen LogP) is 3.49. The minimum atomic E-state index is -0.859. The lowest BCUT2D eigenvalue weighted by atomic mass is 9.54. The van der Waals surface area contributed by atoms with Crippen LogP contribution in [0.1, 0.15) is 34.1 Å². The van der Waals surface area contributed by atoms with E-state index in [0.717, 1.165) is 16.4 Å². The Morgan fingerprint density at radius 3 is 2.67 bits per heavy atom. The van der Waals surface area contributed by atoms with Crippen LogP contribution < -0.4 is 15.8 Å². The van der Waals surface area contributed by atoms with E-state index >= 15 is 0 Å². The van der Waals surface area contributed by atoms with E-state index in [-0.39, 0.29) is 29.8 Å². The molecule has 3 unspecified atom stereocenters. The summed E-state index contributed by atoms with van der Waals surface area (Å²) >= 11 is 1.74. The SMILES string of the molecule is CCOC1CC(N)(C(=O)NCC(C)CSc2ccccc2OC)C1(C)C.Cl. The second-order valence-electron chi connectivity index (χ2n) is 7.62. The summed E-state index contributed by atoms with van der Waals surface area (Å²) in [6, 6.07) is 7.97. The van der Waals surface area contributed by atoms with Crippen molar-refractivity contribution in [1.82, 2.24) is 5.32 Å². The average molecular weight is 417 g/mol. The van der Waals surface area contributed by atoms with Crippen LogP contribution >= 0.6 is 24.2 Å². The summed E-state index contributed by atoms with van der Waals surface area (Å²) in [6.07, 6.45) is 0.617. The topological polar surface area (TPSA) is 73.6 Å². The zero-order chi connectivity index (χ0) is 19.4. The molecule has 2 rings (SSSR count). The van der Waals surface area contributed by atoms with E-state index in [0.29, 0.717) is 25.5 Å². The number of carbonyl (C=O) groups excluding carboxylic acids is 1. The van der Waals surface area contributed by atoms with Crippen molar-refractivity contribution < 1.29 is 14.3 Å². The van der Waals surface area contributed by atoms with E-state index in [4.69, 9.17) is 15.2 Å². The molecule has 3 atom stereocenters. The van der Waals surface area contributed by atoms with Crippen LogP contribution in [0, 0.1) is 11.3 Å². The minimum Gasteiger partial charge on any atom is -0.496 e. The van der Waals surface area contributed by atoms with Crippen molar-refractivity contribution in [3.05, 3.63) is 24.3 Å². The fraction of sp³-hybridized carbons (Fsp3) is 0.650. The van der Waals surface area contributed by atoms with Gasteiger partial charge in [-0.2, -0.15) is 0 Å². The van der Waals surface area contributed by atoms with Gasteiger partial charge in [0.1, 0.15) is 11.3 Å². The number of hydrogen-bond acceptors (Lipinski definition) is 5. The van der Waals surface area contributed by atoms with Crippen molar-refractivity contribution in [2.24, 2.45) is 17.1 Å². The lowest BCUT2D eigenvalue weighted by molar-refractivity contribution is -0.170. The largest absolute Gasteiger partial charge is 0.496 e. The molecule has 0 aromatic heterocycles. The van der Waals surface area contributed by atoms with Gasteiger partial charge in [0.05, 0.1) is 13.2 Å². The number of thioether (sulfide) groups is 1. The molecule has 7 heteroatoms. The van der Waals surface area contributed by atoms with E-state index in [1.807, 2.05) is 39.0 Å². The van der Waals surface area contributed by atoms with Gasteiger partial charge in [0.2, 0.25) is 5.91 Å². The van der Waals surface area contributed by atoms with E-state index in [1.165, 1.54) is 0 Å². The molecule has 0 spiro atoms. The highest BCUT2D eigenvalue weighted by Gasteiger charge is 2.62. The third kappa shape index (κ3) is 5.11. The number of methoxy groups -OCH3 is 1. The van der Waals surface area contributed by atoms with E-state index in [9.17, 15) is 4.79 Å². The van der Waals surface area contributed by atoms with Crippen molar-refractivity contribution in [2.75, 3.05) is 26.0 Å². The summed E-state index contributed by atoms with van der Waals surface area (Å²) in [5.74, 6) is 2.02. The molecule has 154 valence electrons. The normalized spacial score (nSPS) is 24.3. The smallest absolute Gasteiger partial charge is 0.240 e. The number of rotatable bonds is 9. The highest BCUT2D eigenvalue weighted by atomic mass is 35.5. The lowest BCUT2D eigenvalue weighted by Crippen LogP contribution is -2.75. The molecule has 1 saturated carbocycles. The fourth-order valence-electron chi connectivity index (χ4n) is 3.27. The van der Waals surface area contributed by atoms with Gasteiger partial charge in [-0.3, -0.25) is 4.79 Å². The maximum atomic E-state index is 12.7. The average Bonchev–Trinajstić information content (AvgIpc) is 2.64. The Kier molecular flexibility index (Phi) is 8.93. The summed E-state index contributed by atoms with van der Waals surface area (Å²) in [5.41, 5.74) is 5.20. The van der Waals surface area contributed by atoms with Gasteiger partial charge < -0.3 is 20.5 Å². The lowest BCUT2D eigenvalue weighted by Gasteiger charge is -2.57. The van der Waals surface area contributed by atoms with Crippen molar-refractivity contribution in [3.63, 3.8) is 0 Å². The monoisotopic (exact) mass is 416 g/mol. The molecule has 1 amide bonds. The van der Waals surface area contributed by atoms with Crippen LogP contribution in [0.2, 0.25) is 0 Å². The zero-order valence-electron chi connectivity index (χ0n) is 16.9. The van der Waals surface area contributed by atoms with Crippen LogP contribution in [-0.2, 0) is 9.53 Å². The van der Waals surface area contributed by atoms with Gasteiger partial charge in [-0.15, -0.1) is 24.2 Å². The molecule has 27 heavy (non-hydrogen) atoms. The first-order valence-corrected chi connectivity index (χ1v) is 10.2. The Labute approximate surface area is 173 Å². The van der Waals surface area contributed by atoms with Crippen molar-refractivity contribution in [2.45, 2.75) is 50.7 Å². The molecule has 0 aliphatic heterocycles. The van der Waals surface area contributed by atoms with Gasteiger partial charge in [0.25, 0.3) is 0 Å². The number of nitrogens with two attached hydrogens (primary N) is 1. The van der Waals surface area contributed by atoms with Gasteiger partial charge in [-0.1, -0.05) is 32.9 Å². The first-order chi connectivity index (χ1) is 12.3. The van der Waals surface area contributed by atoms with E-state index in [1.54, 1.807) is 18.9 Å². The maximum Gasteiger partial charge on any atom is 0.240 e. The number of nitrogens with one attached hydrogen (secondary N) is 1. The molecule has 3 N–H and O–H groups in total. The Morgan fingerprint density at radius 2 is 2.07 bits per heavy atom. The molecule has 1 aromatic carbocycles. The molecule has 5 nitrogen and oxygen atoms in total. The van der Waals surface area contributed by atoms with Crippen molar-refractivity contribution in [1.29, 1.82) is 0 Å². The molecule has 1 aromatic rings. The number of ether oxygens (including phenoxy) is 2. The van der Waals surface area contributed by atoms with E-state index in [2.05, 4.69) is 18.3 Å². The quantitative estimate of drug-likeness (QED) is 0.603. The summed E-state index contributed by atoms with van der Waals surface area (Å²) in [6.45, 7) is 9.36. The number of amides is 1. The molecule has 0 radical (unpaired) electrons. The van der Waals surface area contributed by atoms with E-state index < -0.39 is 5.54 Å². The minimum absolute atomic E-state index is 0. The third-order valence-electron chi connectivity index (χ3n) is 5.44. The molecular weight excluding hydrogens is 384 g/mol. The highest BCUT2D eigenvalue weighted by Crippen LogP contribution is 2.49. The third-order valence-corrected chi connectivity index (χ3v) is 6.82. The number of benzene rings is 1. The fourth-order valence-corrected chi connectivity index (χ4v) is 4.32. The Hall–Kier alpha value is -0.950. The summed E-state index contributed by atoms with van der Waals surface area (Å²) in [4.78, 5) is 13.8. The highest BCUT2D eigenvalue weighted by molar-refractivity contribution is 7.99. The molecule has 0 heterocycles. The van der Waals surface area contributed by atoms with Crippen LogP contribution in [0.3, 0.4) is 0 Å². The maximum absolute atomic E-state index is 12.7. The van der Waals surface area contributed by atoms with Crippen LogP contribution in [0.15, 0.2) is 29.2 Å². The Morgan fingerprint density at radius 1 is 1.41 bits per heavy atom. The van der Waals surface area contributed by atoms with Crippen LogP contribution in [0.5, 0.6) is 5.75 Å². The summed E-state index contributed by atoms with van der Waals surface area (Å²) < 4.78 is 11.1. The van der Waals surface area contributed by atoms with Gasteiger partial charge in [-0.05, 0) is 25.0 Å². The summed E-state index contributed by atoms with van der Waals surface area (Å²) in [7, 11) is 1.68. The van der Waals surface area contributed by atoms with Crippen LogP contribution in [-0.4, -0.2) is 43.6 Å². The van der Waals surface area contributed by atoms with Gasteiger partial charge in [0.15, 0.2) is 0 Å². The first-order valence-electron chi connectivity index (χ1n) is 9.20. The second-order valence-corrected chi connectivity index (χ2v) is 8.68. The molecule has 0 saturated heterocycles. The second kappa shape index (κ2) is 10.0. The number of halogens is 1. The predicted molar refractivity (Wildman–Crippen MR) is 114 cm³/mol. The van der Waals surface area contributed by atoms with Crippen molar-refractivity contribution in [3.8, 4) is 5.75 Å². The van der Waals surface area contributed by atoms with Gasteiger partial charge >= 0.3 is 0 Å². The Balaban J connectivity index is 0.00000364. The molecule has 1 fully saturated rings.